The lowest BCUT2D eigenvalue weighted by atomic mass is 10.0. The van der Waals surface area contributed by atoms with Gasteiger partial charge in [-0.15, -0.1) is 0 Å². The molecule has 1 atom stereocenters. The summed E-state index contributed by atoms with van der Waals surface area (Å²) < 4.78 is 5.16. The van der Waals surface area contributed by atoms with Gasteiger partial charge in [0.15, 0.2) is 0 Å². The number of rotatable bonds is 2. The molecule has 2 nitrogen and oxygen atoms in total. The maximum atomic E-state index is 5.16. The standard InChI is InChI=1S/C8H17NO/c1-8(7-10-3)5-4-6-9(8)2/h4-7H2,1-3H3/t8-/m1/s1. The fourth-order valence-corrected chi connectivity index (χ4v) is 1.65. The van der Waals surface area contributed by atoms with Crippen molar-refractivity contribution < 1.29 is 4.74 Å². The van der Waals surface area contributed by atoms with Crippen LogP contribution in [0.15, 0.2) is 0 Å². The van der Waals surface area contributed by atoms with Crippen molar-refractivity contribution in [3.8, 4) is 0 Å². The average Bonchev–Trinajstić information content (AvgIpc) is 2.15. The van der Waals surface area contributed by atoms with Crippen molar-refractivity contribution in [3.63, 3.8) is 0 Å². The normalized spacial score (nSPS) is 35.1. The Hall–Kier alpha value is -0.0800. The fourth-order valence-electron chi connectivity index (χ4n) is 1.65. The van der Waals surface area contributed by atoms with E-state index in [0.717, 1.165) is 6.61 Å². The van der Waals surface area contributed by atoms with Crippen LogP contribution in [-0.4, -0.2) is 37.7 Å². The van der Waals surface area contributed by atoms with Gasteiger partial charge in [-0.3, -0.25) is 4.90 Å². The molecule has 0 spiro atoms. The SMILES string of the molecule is COC[C@@]1(C)CCCN1C. The molecule has 1 rings (SSSR count). The number of ether oxygens (including phenoxy) is 1. The molecule has 0 aromatic carbocycles. The van der Waals surface area contributed by atoms with Crippen LogP contribution >= 0.6 is 0 Å². The molecule has 1 fully saturated rings. The van der Waals surface area contributed by atoms with Crippen LogP contribution in [-0.2, 0) is 4.74 Å². The van der Waals surface area contributed by atoms with Crippen LogP contribution in [0.3, 0.4) is 0 Å². The second-order valence-electron chi connectivity index (χ2n) is 3.46. The van der Waals surface area contributed by atoms with Crippen molar-refractivity contribution in [2.24, 2.45) is 0 Å². The summed E-state index contributed by atoms with van der Waals surface area (Å²) in [6.45, 7) is 4.35. The molecule has 0 amide bonds. The molecule has 0 aromatic rings. The van der Waals surface area contributed by atoms with Crippen LogP contribution in [0.25, 0.3) is 0 Å². The van der Waals surface area contributed by atoms with Crippen LogP contribution in [0.4, 0.5) is 0 Å². The minimum atomic E-state index is 0.314. The fraction of sp³-hybridized carbons (Fsp3) is 1.00. The van der Waals surface area contributed by atoms with Gasteiger partial charge in [-0.1, -0.05) is 0 Å². The molecule has 0 bridgehead atoms. The second-order valence-corrected chi connectivity index (χ2v) is 3.46. The van der Waals surface area contributed by atoms with Crippen molar-refractivity contribution in [2.45, 2.75) is 25.3 Å². The average molecular weight is 143 g/mol. The minimum absolute atomic E-state index is 0.314. The highest BCUT2D eigenvalue weighted by molar-refractivity contribution is 4.89. The summed E-state index contributed by atoms with van der Waals surface area (Å²) >= 11 is 0. The summed E-state index contributed by atoms with van der Waals surface area (Å²) in [4.78, 5) is 2.39. The lowest BCUT2D eigenvalue weighted by Crippen LogP contribution is -2.42. The van der Waals surface area contributed by atoms with Gasteiger partial charge in [0.1, 0.15) is 0 Å². The highest BCUT2D eigenvalue weighted by Crippen LogP contribution is 2.26. The molecular formula is C8H17NO. The maximum Gasteiger partial charge on any atom is 0.0643 e. The number of nitrogens with zero attached hydrogens (tertiary/aromatic N) is 1. The summed E-state index contributed by atoms with van der Waals surface area (Å²) in [5.74, 6) is 0. The van der Waals surface area contributed by atoms with E-state index in [-0.39, 0.29) is 0 Å². The molecule has 1 heterocycles. The molecular weight excluding hydrogens is 126 g/mol. The first-order chi connectivity index (χ1) is 4.69. The number of likely N-dealkylation sites (tertiary alicyclic amines) is 1. The van der Waals surface area contributed by atoms with Crippen LogP contribution in [0.1, 0.15) is 19.8 Å². The van der Waals surface area contributed by atoms with E-state index < -0.39 is 0 Å². The molecule has 1 aliphatic rings. The highest BCUT2D eigenvalue weighted by atomic mass is 16.5. The van der Waals surface area contributed by atoms with Gasteiger partial charge < -0.3 is 4.74 Å². The molecule has 0 radical (unpaired) electrons. The minimum Gasteiger partial charge on any atom is -0.383 e. The molecule has 1 aliphatic heterocycles. The first kappa shape index (κ1) is 8.02. The van der Waals surface area contributed by atoms with Gasteiger partial charge in [-0.2, -0.15) is 0 Å². The lowest BCUT2D eigenvalue weighted by molar-refractivity contribution is 0.0659. The molecule has 1 saturated heterocycles. The molecule has 0 N–H and O–H groups in total. The zero-order valence-corrected chi connectivity index (χ0v) is 7.18. The van der Waals surface area contributed by atoms with Gasteiger partial charge in [0.25, 0.3) is 0 Å². The van der Waals surface area contributed by atoms with Gasteiger partial charge in [-0.05, 0) is 33.4 Å². The van der Waals surface area contributed by atoms with Gasteiger partial charge in [0, 0.05) is 12.6 Å². The predicted octanol–water partition coefficient (Wildman–Crippen LogP) is 1.12. The number of likely N-dealkylation sites (N-methyl/N-ethyl adjacent to an activating group) is 1. The first-order valence-corrected chi connectivity index (χ1v) is 3.89. The van der Waals surface area contributed by atoms with Gasteiger partial charge in [0.2, 0.25) is 0 Å². The maximum absolute atomic E-state index is 5.16. The van der Waals surface area contributed by atoms with E-state index in [1.54, 1.807) is 7.11 Å². The summed E-state index contributed by atoms with van der Waals surface area (Å²) in [5, 5.41) is 0. The Morgan fingerprint density at radius 3 is 2.70 bits per heavy atom. The number of hydrogen-bond donors (Lipinski definition) is 0. The van der Waals surface area contributed by atoms with Gasteiger partial charge >= 0.3 is 0 Å². The molecule has 0 aliphatic carbocycles. The first-order valence-electron chi connectivity index (χ1n) is 3.89. The van der Waals surface area contributed by atoms with E-state index in [2.05, 4.69) is 18.9 Å². The van der Waals surface area contributed by atoms with Crippen LogP contribution in [0.5, 0.6) is 0 Å². The zero-order chi connectivity index (χ0) is 7.61. The van der Waals surface area contributed by atoms with Crippen LogP contribution in [0, 0.1) is 0 Å². The van der Waals surface area contributed by atoms with Crippen molar-refractivity contribution in [3.05, 3.63) is 0 Å². The monoisotopic (exact) mass is 143 g/mol. The Kier molecular flexibility index (Phi) is 2.32. The van der Waals surface area contributed by atoms with Crippen LogP contribution in [0.2, 0.25) is 0 Å². The number of hydrogen-bond acceptors (Lipinski definition) is 2. The molecule has 0 aromatic heterocycles. The highest BCUT2D eigenvalue weighted by Gasteiger charge is 2.33. The zero-order valence-electron chi connectivity index (χ0n) is 7.18. The van der Waals surface area contributed by atoms with Crippen LogP contribution < -0.4 is 0 Å². The smallest absolute Gasteiger partial charge is 0.0643 e. The Labute approximate surface area is 63.2 Å². The molecule has 0 unspecified atom stereocenters. The van der Waals surface area contributed by atoms with Gasteiger partial charge in [0.05, 0.1) is 6.61 Å². The summed E-state index contributed by atoms with van der Waals surface area (Å²) in [5.41, 5.74) is 0.314. The van der Waals surface area contributed by atoms with Gasteiger partial charge in [-0.25, -0.2) is 0 Å². The van der Waals surface area contributed by atoms with Crippen molar-refractivity contribution in [1.29, 1.82) is 0 Å². The Morgan fingerprint density at radius 1 is 1.60 bits per heavy atom. The third-order valence-electron chi connectivity index (χ3n) is 2.59. The third-order valence-corrected chi connectivity index (χ3v) is 2.59. The summed E-state index contributed by atoms with van der Waals surface area (Å²) in [7, 11) is 3.95. The topological polar surface area (TPSA) is 12.5 Å². The van der Waals surface area contributed by atoms with E-state index in [1.165, 1.54) is 19.4 Å². The van der Waals surface area contributed by atoms with E-state index >= 15 is 0 Å². The van der Waals surface area contributed by atoms with E-state index in [4.69, 9.17) is 4.74 Å². The molecule has 60 valence electrons. The van der Waals surface area contributed by atoms with Crippen molar-refractivity contribution in [2.75, 3.05) is 27.3 Å². The largest absolute Gasteiger partial charge is 0.383 e. The molecule has 10 heavy (non-hydrogen) atoms. The third kappa shape index (κ3) is 1.32. The summed E-state index contributed by atoms with van der Waals surface area (Å²) in [6, 6.07) is 0. The predicted molar refractivity (Wildman–Crippen MR) is 42.1 cm³/mol. The summed E-state index contributed by atoms with van der Waals surface area (Å²) in [6.07, 6.45) is 2.59. The Morgan fingerprint density at radius 2 is 2.30 bits per heavy atom. The van der Waals surface area contributed by atoms with E-state index in [0.29, 0.717) is 5.54 Å². The molecule has 0 saturated carbocycles. The van der Waals surface area contributed by atoms with Crippen molar-refractivity contribution >= 4 is 0 Å². The molecule has 2 heteroatoms. The van der Waals surface area contributed by atoms with Crippen molar-refractivity contribution in [1.82, 2.24) is 4.90 Å². The lowest BCUT2D eigenvalue weighted by Gasteiger charge is -2.31. The second kappa shape index (κ2) is 2.89. The quantitative estimate of drug-likeness (QED) is 0.574. The van der Waals surface area contributed by atoms with E-state index in [1.807, 2.05) is 0 Å². The number of methoxy groups -OCH3 is 1. The Balaban J connectivity index is 2.48. The Bertz CT molecular complexity index is 116. The van der Waals surface area contributed by atoms with E-state index in [9.17, 15) is 0 Å².